The van der Waals surface area contributed by atoms with Crippen LogP contribution in [-0.4, -0.2) is 24.7 Å². The van der Waals surface area contributed by atoms with Crippen molar-refractivity contribution in [3.05, 3.63) is 99.0 Å². The molecular formula is C27H27F3N2O3. The second kappa shape index (κ2) is 9.98. The molecule has 0 bridgehead atoms. The molecule has 4 rings (SSSR count). The Morgan fingerprint density at radius 3 is 2.43 bits per heavy atom. The molecule has 0 spiro atoms. The molecule has 1 aliphatic carbocycles. The predicted molar refractivity (Wildman–Crippen MR) is 128 cm³/mol. The van der Waals surface area contributed by atoms with Gasteiger partial charge in [-0.3, -0.25) is 4.79 Å². The summed E-state index contributed by atoms with van der Waals surface area (Å²) in [6, 6.07) is 15.7. The fraction of sp³-hybridized carbons (Fsp3) is 0.333. The lowest BCUT2D eigenvalue weighted by Crippen LogP contribution is -2.29. The number of methoxy groups -OCH3 is 1. The molecule has 2 aromatic carbocycles. The van der Waals surface area contributed by atoms with E-state index in [1.165, 1.54) is 13.2 Å². The number of benzene rings is 2. The van der Waals surface area contributed by atoms with Crippen molar-refractivity contribution >= 4 is 11.7 Å². The lowest BCUT2D eigenvalue weighted by Gasteiger charge is -2.25. The fourth-order valence-electron chi connectivity index (χ4n) is 4.23. The second-order valence-corrected chi connectivity index (χ2v) is 8.84. The maximum Gasteiger partial charge on any atom is 0.416 e. The summed E-state index contributed by atoms with van der Waals surface area (Å²) in [6.45, 7) is 0.729. The van der Waals surface area contributed by atoms with E-state index in [1.807, 2.05) is 18.2 Å². The number of anilines is 1. The van der Waals surface area contributed by atoms with Gasteiger partial charge >= 0.3 is 12.1 Å². The lowest BCUT2D eigenvalue weighted by molar-refractivity contribution is -0.137. The largest absolute Gasteiger partial charge is 0.465 e. The van der Waals surface area contributed by atoms with Crippen LogP contribution < -0.4 is 10.5 Å². The van der Waals surface area contributed by atoms with Gasteiger partial charge in [-0.2, -0.15) is 13.2 Å². The number of halogens is 3. The first-order chi connectivity index (χ1) is 16.7. The standard InChI is InChI=1S/C27H27F3N2O3/c1-31(22-5-3-4-21(16-22)27(28,29)30)17-24-23(19-10-11-19)12-13-25(33)32(24)15-14-18-6-8-20(9-7-18)26(34)35-2/h3-9,12-13,16,19H,10-11,14-15,17H2,1-2H3. The zero-order valence-corrected chi connectivity index (χ0v) is 19.6. The van der Waals surface area contributed by atoms with Crippen molar-refractivity contribution in [1.82, 2.24) is 4.57 Å². The van der Waals surface area contributed by atoms with Crippen LogP contribution in [-0.2, 0) is 30.4 Å². The van der Waals surface area contributed by atoms with Crippen molar-refractivity contribution in [2.45, 2.75) is 44.4 Å². The molecule has 1 aromatic heterocycles. The Hall–Kier alpha value is -3.55. The van der Waals surface area contributed by atoms with Crippen molar-refractivity contribution in [3.8, 4) is 0 Å². The number of alkyl halides is 3. The smallest absolute Gasteiger partial charge is 0.416 e. The molecule has 8 heteroatoms. The Labute approximate surface area is 201 Å². The highest BCUT2D eigenvalue weighted by Gasteiger charge is 2.31. The highest BCUT2D eigenvalue weighted by atomic mass is 19.4. The van der Waals surface area contributed by atoms with Crippen LogP contribution in [0.4, 0.5) is 18.9 Å². The van der Waals surface area contributed by atoms with Gasteiger partial charge in [-0.1, -0.05) is 24.3 Å². The molecule has 0 aliphatic heterocycles. The third kappa shape index (κ3) is 5.75. The Morgan fingerprint density at radius 2 is 1.80 bits per heavy atom. The Bertz CT molecular complexity index is 1260. The number of ether oxygens (including phenoxy) is 1. The van der Waals surface area contributed by atoms with Gasteiger partial charge in [0.25, 0.3) is 5.56 Å². The molecule has 5 nitrogen and oxygen atoms in total. The maximum atomic E-state index is 13.2. The topological polar surface area (TPSA) is 51.5 Å². The van der Waals surface area contributed by atoms with E-state index < -0.39 is 17.7 Å². The molecule has 0 unspecified atom stereocenters. The first-order valence-electron chi connectivity index (χ1n) is 11.5. The normalized spacial score (nSPS) is 13.5. The molecule has 1 saturated carbocycles. The van der Waals surface area contributed by atoms with E-state index in [2.05, 4.69) is 0 Å². The Kier molecular flexibility index (Phi) is 7.00. The highest BCUT2D eigenvalue weighted by Crippen LogP contribution is 2.42. The van der Waals surface area contributed by atoms with Crippen LogP contribution in [0, 0.1) is 0 Å². The first kappa shape index (κ1) is 24.6. The molecule has 0 radical (unpaired) electrons. The van der Waals surface area contributed by atoms with Gasteiger partial charge in [0.2, 0.25) is 0 Å². The molecule has 1 aliphatic rings. The molecule has 184 valence electrons. The number of aryl methyl sites for hydroxylation is 1. The summed E-state index contributed by atoms with van der Waals surface area (Å²) in [5.74, 6) is -0.0454. The number of nitrogens with zero attached hydrogens (tertiary/aromatic N) is 2. The average Bonchev–Trinajstić information content (AvgIpc) is 3.68. The number of hydrogen-bond donors (Lipinski definition) is 0. The molecule has 0 N–H and O–H groups in total. The van der Waals surface area contributed by atoms with E-state index in [0.29, 0.717) is 36.7 Å². The van der Waals surface area contributed by atoms with Crippen molar-refractivity contribution in [3.63, 3.8) is 0 Å². The number of aromatic nitrogens is 1. The van der Waals surface area contributed by atoms with Crippen LogP contribution in [0.3, 0.4) is 0 Å². The van der Waals surface area contributed by atoms with Crippen molar-refractivity contribution in [2.24, 2.45) is 0 Å². The monoisotopic (exact) mass is 484 g/mol. The number of pyridine rings is 1. The molecule has 0 saturated heterocycles. The van der Waals surface area contributed by atoms with Crippen molar-refractivity contribution < 1.29 is 22.7 Å². The van der Waals surface area contributed by atoms with E-state index in [0.717, 1.165) is 41.8 Å². The molecule has 1 heterocycles. The van der Waals surface area contributed by atoms with Crippen LogP contribution in [0.2, 0.25) is 0 Å². The van der Waals surface area contributed by atoms with E-state index in [1.54, 1.807) is 40.8 Å². The predicted octanol–water partition coefficient (Wildman–Crippen LogP) is 5.41. The van der Waals surface area contributed by atoms with E-state index in [9.17, 15) is 22.8 Å². The number of esters is 1. The lowest BCUT2D eigenvalue weighted by atomic mass is 10.1. The summed E-state index contributed by atoms with van der Waals surface area (Å²) >= 11 is 0. The summed E-state index contributed by atoms with van der Waals surface area (Å²) in [4.78, 5) is 26.3. The summed E-state index contributed by atoms with van der Waals surface area (Å²) in [5.41, 5.74) is 2.89. The SMILES string of the molecule is COC(=O)c1ccc(CCn2c(CN(C)c3cccc(C(F)(F)F)c3)c(C3CC3)ccc2=O)cc1. The van der Waals surface area contributed by atoms with Crippen LogP contribution in [0.1, 0.15) is 51.5 Å². The Morgan fingerprint density at radius 1 is 1.09 bits per heavy atom. The van der Waals surface area contributed by atoms with E-state index in [-0.39, 0.29) is 5.56 Å². The molecule has 1 fully saturated rings. The minimum Gasteiger partial charge on any atom is -0.465 e. The van der Waals surface area contributed by atoms with Gasteiger partial charge in [-0.25, -0.2) is 4.79 Å². The fourth-order valence-corrected chi connectivity index (χ4v) is 4.23. The van der Waals surface area contributed by atoms with Gasteiger partial charge in [-0.15, -0.1) is 0 Å². The van der Waals surface area contributed by atoms with Gasteiger partial charge in [0.15, 0.2) is 0 Å². The third-order valence-electron chi connectivity index (χ3n) is 6.35. The second-order valence-electron chi connectivity index (χ2n) is 8.84. The van der Waals surface area contributed by atoms with Gasteiger partial charge < -0.3 is 14.2 Å². The third-order valence-corrected chi connectivity index (χ3v) is 6.35. The summed E-state index contributed by atoms with van der Waals surface area (Å²) in [7, 11) is 3.06. The zero-order chi connectivity index (χ0) is 25.2. The van der Waals surface area contributed by atoms with Gasteiger partial charge in [-0.05, 0) is 66.6 Å². The van der Waals surface area contributed by atoms with Crippen molar-refractivity contribution in [1.29, 1.82) is 0 Å². The van der Waals surface area contributed by atoms with Crippen LogP contribution in [0.15, 0.2) is 65.5 Å². The quantitative estimate of drug-likeness (QED) is 0.401. The van der Waals surface area contributed by atoms with Crippen LogP contribution in [0.25, 0.3) is 0 Å². The van der Waals surface area contributed by atoms with E-state index in [4.69, 9.17) is 4.74 Å². The van der Waals surface area contributed by atoms with Gasteiger partial charge in [0.1, 0.15) is 0 Å². The summed E-state index contributed by atoms with van der Waals surface area (Å²) in [5, 5.41) is 0. The molecule has 35 heavy (non-hydrogen) atoms. The van der Waals surface area contributed by atoms with Gasteiger partial charge in [0.05, 0.1) is 24.8 Å². The maximum absolute atomic E-state index is 13.2. The average molecular weight is 485 g/mol. The number of carbonyl (C=O) groups excluding carboxylic acids is 1. The van der Waals surface area contributed by atoms with Crippen molar-refractivity contribution in [2.75, 3.05) is 19.1 Å². The van der Waals surface area contributed by atoms with Crippen LogP contribution >= 0.6 is 0 Å². The minimum absolute atomic E-state index is 0.145. The number of rotatable bonds is 8. The first-order valence-corrected chi connectivity index (χ1v) is 11.5. The van der Waals surface area contributed by atoms with Crippen LogP contribution in [0.5, 0.6) is 0 Å². The Balaban J connectivity index is 1.60. The molecule has 0 amide bonds. The van der Waals surface area contributed by atoms with E-state index >= 15 is 0 Å². The number of hydrogen-bond acceptors (Lipinski definition) is 4. The number of carbonyl (C=O) groups is 1. The molecule has 0 atom stereocenters. The van der Waals surface area contributed by atoms with Gasteiger partial charge in [0, 0.05) is 31.0 Å². The highest BCUT2D eigenvalue weighted by molar-refractivity contribution is 5.89. The molecule has 3 aromatic rings. The summed E-state index contributed by atoms with van der Waals surface area (Å²) < 4.78 is 46.1. The summed E-state index contributed by atoms with van der Waals surface area (Å²) in [6.07, 6.45) is -1.79. The minimum atomic E-state index is -4.42. The zero-order valence-electron chi connectivity index (χ0n) is 19.6. The molecular weight excluding hydrogens is 457 g/mol.